The molecule has 4 heterocycles. The Hall–Kier alpha value is -4.08. The van der Waals surface area contributed by atoms with E-state index in [0.717, 1.165) is 9.25 Å². The minimum Gasteiger partial charge on any atom is -0.493 e. The summed E-state index contributed by atoms with van der Waals surface area (Å²) in [6, 6.07) is 5.12. The van der Waals surface area contributed by atoms with Gasteiger partial charge in [-0.25, -0.2) is 28.5 Å². The van der Waals surface area contributed by atoms with Crippen LogP contribution >= 0.6 is 46.4 Å². The summed E-state index contributed by atoms with van der Waals surface area (Å²) in [7, 11) is 4.51. The van der Waals surface area contributed by atoms with Crippen LogP contribution in [0.3, 0.4) is 0 Å². The molecule has 1 aliphatic heterocycles. The summed E-state index contributed by atoms with van der Waals surface area (Å²) >= 11 is 26.7. The number of carbonyl (C=O) groups is 2. The van der Waals surface area contributed by atoms with E-state index in [1.807, 2.05) is 0 Å². The van der Waals surface area contributed by atoms with E-state index in [1.165, 1.54) is 35.6 Å². The predicted molar refractivity (Wildman–Crippen MR) is 182 cm³/mol. The number of nitrogens with zero attached hydrogens (tertiary/aromatic N) is 5. The number of hydrogen-bond acceptors (Lipinski definition) is 10. The van der Waals surface area contributed by atoms with E-state index in [4.69, 9.17) is 60.3 Å². The van der Waals surface area contributed by atoms with Crippen LogP contribution in [0.4, 0.5) is 0 Å². The lowest BCUT2D eigenvalue weighted by Crippen LogP contribution is -2.67. The van der Waals surface area contributed by atoms with E-state index in [1.54, 1.807) is 25.3 Å². The van der Waals surface area contributed by atoms with E-state index in [9.17, 15) is 29.1 Å². The van der Waals surface area contributed by atoms with Crippen molar-refractivity contribution in [3.8, 4) is 11.5 Å². The predicted octanol–water partition coefficient (Wildman–Crippen LogP) is 2.87. The Morgan fingerprint density at radius 3 is 2.34 bits per heavy atom. The van der Waals surface area contributed by atoms with Gasteiger partial charge in [-0.3, -0.25) is 14.4 Å². The Balaban J connectivity index is 1.32. The molecular weight excluding hydrogens is 740 g/mol. The maximum Gasteiger partial charge on any atom is 0.347 e. The molecule has 0 bridgehead atoms. The van der Waals surface area contributed by atoms with Crippen molar-refractivity contribution in [2.75, 3.05) is 14.2 Å². The number of ether oxygens (including phenoxy) is 2. The molecule has 7 rings (SSSR count). The Labute approximate surface area is 301 Å². The van der Waals surface area contributed by atoms with Gasteiger partial charge in [-0.2, -0.15) is 0 Å². The number of halogens is 4. The molecule has 1 fully saturated rings. The average molecular weight is 767 g/mol. The number of alkyl halides is 2. The van der Waals surface area contributed by atoms with E-state index in [2.05, 4.69) is 4.98 Å². The number of ketones is 2. The molecule has 4 aromatic rings. The van der Waals surface area contributed by atoms with Crippen molar-refractivity contribution < 1.29 is 28.6 Å². The Kier molecular flexibility index (Phi) is 8.26. The van der Waals surface area contributed by atoms with Crippen LogP contribution in [-0.4, -0.2) is 64.1 Å². The Bertz CT molecular complexity index is 2400. The monoisotopic (exact) mass is 765 g/mol. The van der Waals surface area contributed by atoms with Gasteiger partial charge in [0.25, 0.3) is 5.56 Å². The number of aromatic nitrogens is 5. The zero-order valence-electron chi connectivity index (χ0n) is 26.5. The van der Waals surface area contributed by atoms with E-state index in [-0.39, 0.29) is 36.7 Å². The lowest BCUT2D eigenvalue weighted by Gasteiger charge is -2.53. The van der Waals surface area contributed by atoms with Gasteiger partial charge in [0.1, 0.15) is 43.6 Å². The number of carbonyl (C=O) groups excluding carboxylic acids is 2. The molecule has 0 saturated heterocycles. The second-order valence-electron chi connectivity index (χ2n) is 12.1. The summed E-state index contributed by atoms with van der Waals surface area (Å²) in [5.74, 6) is -2.09. The summed E-state index contributed by atoms with van der Waals surface area (Å²) in [4.78, 5) is 68.8. The first-order valence-corrected chi connectivity index (χ1v) is 16.7. The standard InChI is InChI=1S/C32H27Cl4N5O9/c1-38-18-11-22(49-3)21(48-2)10-17(18)37-16(28(38)45)7-8-39-29(46)40-9-6-15-19(41(40)30(39)47)12-31(35)26(43)24(33)25(34)27(44)32(31,36)23(15)20-5-4-14(13-42)50-20/h4-6,10-11,19,23,42H,7-9,12-13H2,1-3H3. The number of rotatable bonds is 7. The smallest absolute Gasteiger partial charge is 0.347 e. The fraction of sp³-hybridized carbons (Fsp3) is 0.375. The van der Waals surface area contributed by atoms with Gasteiger partial charge < -0.3 is 23.6 Å². The highest BCUT2D eigenvalue weighted by atomic mass is 35.5. The molecule has 0 spiro atoms. The summed E-state index contributed by atoms with van der Waals surface area (Å²) in [6.07, 6.45) is 1.12. The van der Waals surface area contributed by atoms with E-state index >= 15 is 0 Å². The van der Waals surface area contributed by atoms with Crippen LogP contribution < -0.4 is 26.4 Å². The molecular formula is C32H27Cl4N5O9. The molecule has 14 nitrogen and oxygen atoms in total. The number of Topliss-reactive ketones (excluding diaryl/α,β-unsaturated/α-hetero) is 2. The van der Waals surface area contributed by atoms with Crippen LogP contribution in [-0.2, 0) is 42.8 Å². The molecule has 50 heavy (non-hydrogen) atoms. The molecule has 3 aromatic heterocycles. The molecule has 1 aromatic carbocycles. The van der Waals surface area contributed by atoms with Crippen LogP contribution in [0, 0.1) is 0 Å². The maximum atomic E-state index is 14.1. The zero-order chi connectivity index (χ0) is 36.0. The maximum absolute atomic E-state index is 14.1. The van der Waals surface area contributed by atoms with Crippen LogP contribution in [0.25, 0.3) is 11.0 Å². The molecule has 0 amide bonds. The molecule has 2 aliphatic carbocycles. The quantitative estimate of drug-likeness (QED) is 0.218. The largest absolute Gasteiger partial charge is 0.493 e. The third kappa shape index (κ3) is 4.58. The molecule has 0 radical (unpaired) electrons. The molecule has 4 atom stereocenters. The summed E-state index contributed by atoms with van der Waals surface area (Å²) < 4.78 is 21.3. The van der Waals surface area contributed by atoms with Crippen LogP contribution in [0.15, 0.2) is 64.8 Å². The van der Waals surface area contributed by atoms with Crippen LogP contribution in [0.1, 0.15) is 35.6 Å². The van der Waals surface area contributed by atoms with E-state index < -0.39 is 73.3 Å². The number of methoxy groups -OCH3 is 2. The minimum absolute atomic E-state index is 0.0735. The van der Waals surface area contributed by atoms with Crippen molar-refractivity contribution in [3.63, 3.8) is 0 Å². The first-order chi connectivity index (χ1) is 23.7. The molecule has 3 aliphatic rings. The number of allylic oxidation sites excluding steroid dienone is 4. The second kappa shape index (κ2) is 12.0. The topological polar surface area (TPSA) is 170 Å². The van der Waals surface area contributed by atoms with E-state index in [0.29, 0.717) is 28.1 Å². The van der Waals surface area contributed by atoms with Gasteiger partial charge >= 0.3 is 11.4 Å². The highest BCUT2D eigenvalue weighted by Gasteiger charge is 2.72. The van der Waals surface area contributed by atoms with Gasteiger partial charge in [0, 0.05) is 38.6 Å². The van der Waals surface area contributed by atoms with Gasteiger partial charge in [0.2, 0.25) is 0 Å². The van der Waals surface area contributed by atoms with Crippen LogP contribution in [0.5, 0.6) is 11.5 Å². The van der Waals surface area contributed by atoms with Crippen molar-refractivity contribution in [3.05, 3.63) is 94.5 Å². The SMILES string of the molecule is COc1cc2nc(CCn3c(=O)n4n(c3=O)C3CC5(Cl)C(=O)C(Cl)=C(Cl)C(=O)C5(Cl)C(c5ccc(CO)o5)C3=CC4)c(=O)n(C)c2cc1OC. The zero-order valence-corrected chi connectivity index (χ0v) is 29.6. The Morgan fingerprint density at radius 2 is 1.68 bits per heavy atom. The number of hydrogen-bond donors (Lipinski definition) is 1. The molecule has 18 heteroatoms. The van der Waals surface area contributed by atoms with Crippen molar-refractivity contribution in [1.82, 2.24) is 23.5 Å². The number of aliphatic hydroxyl groups is 1. The highest BCUT2D eigenvalue weighted by Crippen LogP contribution is 2.63. The van der Waals surface area contributed by atoms with Crippen molar-refractivity contribution in [2.45, 2.75) is 54.2 Å². The Morgan fingerprint density at radius 1 is 1.00 bits per heavy atom. The van der Waals surface area contributed by atoms with Crippen molar-refractivity contribution >= 4 is 69.0 Å². The lowest BCUT2D eigenvalue weighted by atomic mass is 9.60. The molecule has 4 unspecified atom stereocenters. The third-order valence-corrected chi connectivity index (χ3v) is 12.0. The number of benzene rings is 1. The fourth-order valence-electron chi connectivity index (χ4n) is 7.25. The minimum atomic E-state index is -2.25. The normalized spacial score (nSPS) is 24.6. The molecule has 1 saturated carbocycles. The molecule has 262 valence electrons. The van der Waals surface area contributed by atoms with Gasteiger partial charge in [0.05, 0.1) is 43.8 Å². The lowest BCUT2D eigenvalue weighted by molar-refractivity contribution is -0.128. The van der Waals surface area contributed by atoms with Crippen molar-refractivity contribution in [2.24, 2.45) is 7.05 Å². The first kappa shape index (κ1) is 34.4. The fourth-order valence-corrected chi connectivity index (χ4v) is 8.75. The number of fused-ring (bicyclic) bond motifs is 5. The summed E-state index contributed by atoms with van der Waals surface area (Å²) in [5.41, 5.74) is -0.511. The third-order valence-electron chi connectivity index (χ3n) is 9.73. The van der Waals surface area contributed by atoms with Gasteiger partial charge in [0.15, 0.2) is 23.1 Å². The number of furan rings is 1. The van der Waals surface area contributed by atoms with Crippen molar-refractivity contribution in [1.29, 1.82) is 0 Å². The number of aryl methyl sites for hydroxylation is 2. The summed E-state index contributed by atoms with van der Waals surface area (Å²) in [5, 5.41) is 8.50. The second-order valence-corrected chi connectivity index (χ2v) is 14.1. The summed E-state index contributed by atoms with van der Waals surface area (Å²) in [6.45, 7) is -0.819. The molecule has 1 N–H and O–H groups in total. The number of aliphatic hydroxyl groups excluding tert-OH is 1. The van der Waals surface area contributed by atoms with Crippen LogP contribution in [0.2, 0.25) is 0 Å². The van der Waals surface area contributed by atoms with Gasteiger partial charge in [-0.1, -0.05) is 29.3 Å². The van der Waals surface area contributed by atoms with Gasteiger partial charge in [-0.15, -0.1) is 23.2 Å². The average Bonchev–Trinajstić information content (AvgIpc) is 3.68. The highest BCUT2D eigenvalue weighted by molar-refractivity contribution is 6.66. The van der Waals surface area contributed by atoms with Gasteiger partial charge in [-0.05, 0) is 17.7 Å². The first-order valence-electron chi connectivity index (χ1n) is 15.2.